The molecule has 4 heterocycles. The zero-order valence-corrected chi connectivity index (χ0v) is 18.9. The van der Waals surface area contributed by atoms with E-state index in [0.29, 0.717) is 18.1 Å². The molecule has 0 aliphatic carbocycles. The van der Waals surface area contributed by atoms with Crippen LogP contribution in [0.5, 0.6) is 0 Å². The van der Waals surface area contributed by atoms with E-state index in [-0.39, 0.29) is 5.54 Å². The maximum absolute atomic E-state index is 11.7. The van der Waals surface area contributed by atoms with Crippen LogP contribution in [0.25, 0.3) is 11.4 Å². The van der Waals surface area contributed by atoms with Crippen LogP contribution in [0.3, 0.4) is 0 Å². The number of carbonyl (C=O) groups is 1. The Balaban J connectivity index is 1.35. The molecule has 4 aromatic rings. The molecule has 0 atom stereocenters. The average Bonchev–Trinajstić information content (AvgIpc) is 3.57. The third-order valence-corrected chi connectivity index (χ3v) is 6.16. The number of pyridine rings is 1. The van der Waals surface area contributed by atoms with E-state index in [1.54, 1.807) is 18.5 Å². The normalized spacial score (nSPS) is 15.7. The Hall–Kier alpha value is -4.05. The fourth-order valence-electron chi connectivity index (χ4n) is 4.31. The van der Waals surface area contributed by atoms with Crippen LogP contribution >= 0.6 is 0 Å². The number of rotatable bonds is 7. The number of para-hydroxylation sites is 1. The predicted octanol–water partition coefficient (Wildman–Crippen LogP) is 2.98. The van der Waals surface area contributed by atoms with E-state index in [9.17, 15) is 4.79 Å². The lowest BCUT2D eigenvalue weighted by molar-refractivity contribution is 0.0594. The van der Waals surface area contributed by atoms with Crippen molar-refractivity contribution in [1.82, 2.24) is 35.3 Å². The highest BCUT2D eigenvalue weighted by atomic mass is 16.5. The van der Waals surface area contributed by atoms with Crippen molar-refractivity contribution in [3.8, 4) is 11.4 Å². The number of aromatic amines is 2. The Morgan fingerprint density at radius 3 is 2.59 bits per heavy atom. The van der Waals surface area contributed by atoms with Crippen LogP contribution in [0.15, 0.2) is 60.9 Å². The molecular formula is C24H26N8O2. The molecule has 1 fully saturated rings. The molecule has 10 heteroatoms. The SMILES string of the molecule is COC(=O)c1cc(CN2CCC(Nc3ccccc3)(c3nc(-c4ccncc4)n[nH]3)CC2)[nH]n1. The minimum absolute atomic E-state index is 0.292. The number of anilines is 1. The molecule has 0 bridgehead atoms. The van der Waals surface area contributed by atoms with E-state index < -0.39 is 5.97 Å². The fourth-order valence-corrected chi connectivity index (χ4v) is 4.31. The molecule has 1 aromatic carbocycles. The molecule has 0 saturated carbocycles. The van der Waals surface area contributed by atoms with E-state index >= 15 is 0 Å². The summed E-state index contributed by atoms with van der Waals surface area (Å²) in [6, 6.07) is 15.7. The number of carbonyl (C=O) groups excluding carboxylic acids is 1. The Morgan fingerprint density at radius 2 is 1.85 bits per heavy atom. The number of likely N-dealkylation sites (tertiary alicyclic amines) is 1. The molecule has 1 aliphatic rings. The highest BCUT2D eigenvalue weighted by molar-refractivity contribution is 5.87. The van der Waals surface area contributed by atoms with Gasteiger partial charge in [-0.05, 0) is 43.2 Å². The summed E-state index contributed by atoms with van der Waals surface area (Å²) >= 11 is 0. The Kier molecular flexibility index (Phi) is 6.05. The number of benzene rings is 1. The smallest absolute Gasteiger partial charge is 0.358 e. The Morgan fingerprint density at radius 1 is 1.09 bits per heavy atom. The van der Waals surface area contributed by atoms with Crippen LogP contribution < -0.4 is 5.32 Å². The van der Waals surface area contributed by atoms with Crippen molar-refractivity contribution >= 4 is 11.7 Å². The molecule has 34 heavy (non-hydrogen) atoms. The second kappa shape index (κ2) is 9.44. The number of piperidine rings is 1. The minimum Gasteiger partial charge on any atom is -0.464 e. The van der Waals surface area contributed by atoms with E-state index in [2.05, 4.69) is 47.7 Å². The second-order valence-corrected chi connectivity index (χ2v) is 8.36. The van der Waals surface area contributed by atoms with Gasteiger partial charge in [-0.15, -0.1) is 0 Å². The largest absolute Gasteiger partial charge is 0.464 e. The van der Waals surface area contributed by atoms with Gasteiger partial charge in [-0.2, -0.15) is 10.2 Å². The number of H-pyrrole nitrogens is 2. The molecule has 5 rings (SSSR count). The highest BCUT2D eigenvalue weighted by Gasteiger charge is 2.39. The van der Waals surface area contributed by atoms with Crippen molar-refractivity contribution in [2.45, 2.75) is 24.9 Å². The van der Waals surface area contributed by atoms with Gasteiger partial charge in [0.05, 0.1) is 18.3 Å². The first-order valence-electron chi connectivity index (χ1n) is 11.2. The lowest BCUT2D eigenvalue weighted by Crippen LogP contribution is -2.47. The van der Waals surface area contributed by atoms with Crippen molar-refractivity contribution in [2.24, 2.45) is 0 Å². The highest BCUT2D eigenvalue weighted by Crippen LogP contribution is 2.36. The maximum Gasteiger partial charge on any atom is 0.358 e. The van der Waals surface area contributed by atoms with E-state index in [4.69, 9.17) is 9.72 Å². The van der Waals surface area contributed by atoms with Gasteiger partial charge in [0.25, 0.3) is 0 Å². The summed E-state index contributed by atoms with van der Waals surface area (Å²) in [4.78, 5) is 23.0. The van der Waals surface area contributed by atoms with Gasteiger partial charge in [0.15, 0.2) is 17.3 Å². The first-order chi connectivity index (χ1) is 16.6. The molecule has 1 saturated heterocycles. The lowest BCUT2D eigenvalue weighted by Gasteiger charge is -2.41. The molecule has 3 N–H and O–H groups in total. The Labute approximate surface area is 196 Å². The topological polar surface area (TPSA) is 125 Å². The molecule has 0 spiro atoms. The number of nitrogens with one attached hydrogen (secondary N) is 3. The minimum atomic E-state index is -0.442. The molecular weight excluding hydrogens is 432 g/mol. The number of methoxy groups -OCH3 is 1. The Bertz CT molecular complexity index is 1230. The van der Waals surface area contributed by atoms with E-state index in [0.717, 1.165) is 48.7 Å². The van der Waals surface area contributed by atoms with Gasteiger partial charge in [0.1, 0.15) is 0 Å². The number of hydrogen-bond donors (Lipinski definition) is 3. The van der Waals surface area contributed by atoms with Gasteiger partial charge in [-0.3, -0.25) is 20.1 Å². The molecule has 0 radical (unpaired) electrons. The van der Waals surface area contributed by atoms with Crippen LogP contribution in [0.1, 0.15) is 34.8 Å². The molecule has 0 unspecified atom stereocenters. The molecule has 1 aliphatic heterocycles. The van der Waals surface area contributed by atoms with Gasteiger partial charge < -0.3 is 10.1 Å². The van der Waals surface area contributed by atoms with E-state index in [1.165, 1.54) is 7.11 Å². The quantitative estimate of drug-likeness (QED) is 0.361. The summed E-state index contributed by atoms with van der Waals surface area (Å²) in [6.45, 7) is 2.33. The molecule has 10 nitrogen and oxygen atoms in total. The molecule has 3 aromatic heterocycles. The molecule has 174 valence electrons. The zero-order valence-electron chi connectivity index (χ0n) is 18.9. The number of ether oxygens (including phenoxy) is 1. The van der Waals surface area contributed by atoms with Crippen molar-refractivity contribution in [3.63, 3.8) is 0 Å². The van der Waals surface area contributed by atoms with Crippen LogP contribution in [0, 0.1) is 0 Å². The maximum atomic E-state index is 11.7. The summed E-state index contributed by atoms with van der Waals surface area (Å²) in [7, 11) is 1.35. The number of esters is 1. The average molecular weight is 459 g/mol. The van der Waals surface area contributed by atoms with Gasteiger partial charge in [-0.1, -0.05) is 18.2 Å². The summed E-state index contributed by atoms with van der Waals surface area (Å²) in [5.74, 6) is 1.03. The molecule has 0 amide bonds. The van der Waals surface area contributed by atoms with Crippen LogP contribution in [-0.4, -0.2) is 61.4 Å². The number of nitrogens with zero attached hydrogens (tertiary/aromatic N) is 5. The van der Waals surface area contributed by atoms with Crippen LogP contribution in [0.2, 0.25) is 0 Å². The number of hydrogen-bond acceptors (Lipinski definition) is 8. The summed E-state index contributed by atoms with van der Waals surface area (Å²) in [5.41, 5.74) is 2.74. The number of aromatic nitrogens is 6. The summed E-state index contributed by atoms with van der Waals surface area (Å²) in [5, 5.41) is 18.4. The van der Waals surface area contributed by atoms with E-state index in [1.807, 2.05) is 30.3 Å². The van der Waals surface area contributed by atoms with Crippen molar-refractivity contribution < 1.29 is 9.53 Å². The monoisotopic (exact) mass is 458 g/mol. The zero-order chi connectivity index (χ0) is 23.4. The van der Waals surface area contributed by atoms with Gasteiger partial charge in [-0.25, -0.2) is 9.78 Å². The van der Waals surface area contributed by atoms with Crippen molar-refractivity contribution in [1.29, 1.82) is 0 Å². The predicted molar refractivity (Wildman–Crippen MR) is 126 cm³/mol. The second-order valence-electron chi connectivity index (χ2n) is 8.36. The first-order valence-corrected chi connectivity index (χ1v) is 11.2. The fraction of sp³-hybridized carbons (Fsp3) is 0.292. The van der Waals surface area contributed by atoms with Gasteiger partial charge in [0, 0.05) is 43.3 Å². The van der Waals surface area contributed by atoms with Crippen LogP contribution in [0.4, 0.5) is 5.69 Å². The first kappa shape index (κ1) is 21.8. The van der Waals surface area contributed by atoms with Crippen LogP contribution in [-0.2, 0) is 16.8 Å². The van der Waals surface area contributed by atoms with Gasteiger partial charge in [0.2, 0.25) is 0 Å². The lowest BCUT2D eigenvalue weighted by atomic mass is 9.86. The summed E-state index contributed by atoms with van der Waals surface area (Å²) < 4.78 is 4.74. The third-order valence-electron chi connectivity index (χ3n) is 6.16. The summed E-state index contributed by atoms with van der Waals surface area (Å²) in [6.07, 6.45) is 5.13. The van der Waals surface area contributed by atoms with Crippen molar-refractivity contribution in [3.05, 3.63) is 78.1 Å². The standard InChI is InChI=1S/C24H26N8O2/c1-34-22(33)20-15-19(28-29-20)16-32-13-9-24(10-14-32,27-18-5-3-2-4-6-18)23-26-21(30-31-23)17-7-11-25-12-8-17/h2-8,11-12,15,27H,9-10,13-14,16H2,1H3,(H,28,29)(H,26,30,31). The third kappa shape index (κ3) is 4.53. The van der Waals surface area contributed by atoms with Gasteiger partial charge >= 0.3 is 5.97 Å². The van der Waals surface area contributed by atoms with Crippen molar-refractivity contribution in [2.75, 3.05) is 25.5 Å².